The molecule has 1 atom stereocenters. The first kappa shape index (κ1) is 20.4. The lowest BCUT2D eigenvalue weighted by atomic mass is 10.1. The second-order valence-corrected chi connectivity index (χ2v) is 7.36. The van der Waals surface area contributed by atoms with Gasteiger partial charge in [-0.05, 0) is 31.0 Å². The summed E-state index contributed by atoms with van der Waals surface area (Å²) in [5.41, 5.74) is 1.06. The van der Waals surface area contributed by atoms with Gasteiger partial charge >= 0.3 is 0 Å². The van der Waals surface area contributed by atoms with E-state index < -0.39 is 6.10 Å². The topological polar surface area (TPSA) is 74.6 Å². The van der Waals surface area contributed by atoms with Gasteiger partial charge in [-0.3, -0.25) is 4.90 Å². The molecule has 0 bridgehead atoms. The standard InChI is InChI=1S/C20H32N2O5/c1-25-19-2-3-20(16(12-19)13-22-8-10-26-11-9-22)27-15-18(24)14-21-6-4-17(23)5-7-21/h2-3,12,17-18,23-24H,4-11,13-15H2,1H3. The number of ether oxygens (including phenoxy) is 3. The molecule has 2 N–H and O–H groups in total. The molecule has 7 heteroatoms. The Labute approximate surface area is 161 Å². The molecule has 2 heterocycles. The minimum Gasteiger partial charge on any atom is -0.497 e. The molecule has 2 aliphatic rings. The van der Waals surface area contributed by atoms with Crippen molar-refractivity contribution in [2.75, 3.05) is 59.7 Å². The maximum Gasteiger partial charge on any atom is 0.124 e. The first-order chi connectivity index (χ1) is 13.1. The molecule has 0 amide bonds. The molecule has 0 saturated carbocycles. The zero-order valence-electron chi connectivity index (χ0n) is 16.2. The SMILES string of the molecule is COc1ccc(OCC(O)CN2CCC(O)CC2)c(CN2CCOCC2)c1. The Morgan fingerprint density at radius 2 is 1.89 bits per heavy atom. The number of likely N-dealkylation sites (tertiary alicyclic amines) is 1. The molecular formula is C20H32N2O5. The highest BCUT2D eigenvalue weighted by Gasteiger charge is 2.20. The van der Waals surface area contributed by atoms with Crippen LogP contribution in [0.25, 0.3) is 0 Å². The average Bonchev–Trinajstić information content (AvgIpc) is 2.69. The Morgan fingerprint density at radius 1 is 1.15 bits per heavy atom. The summed E-state index contributed by atoms with van der Waals surface area (Å²) in [4.78, 5) is 4.52. The quantitative estimate of drug-likeness (QED) is 0.688. The number of aliphatic hydroxyl groups is 2. The molecule has 1 unspecified atom stereocenters. The first-order valence-corrected chi connectivity index (χ1v) is 9.82. The number of aliphatic hydroxyl groups excluding tert-OH is 2. The van der Waals surface area contributed by atoms with Crippen LogP contribution in [0.15, 0.2) is 18.2 Å². The van der Waals surface area contributed by atoms with Crippen molar-refractivity contribution in [2.24, 2.45) is 0 Å². The van der Waals surface area contributed by atoms with Crippen molar-refractivity contribution in [3.63, 3.8) is 0 Å². The van der Waals surface area contributed by atoms with Crippen molar-refractivity contribution < 1.29 is 24.4 Å². The van der Waals surface area contributed by atoms with E-state index >= 15 is 0 Å². The van der Waals surface area contributed by atoms with Crippen LogP contribution in [-0.2, 0) is 11.3 Å². The summed E-state index contributed by atoms with van der Waals surface area (Å²) in [5, 5.41) is 19.9. The predicted molar refractivity (Wildman–Crippen MR) is 102 cm³/mol. The molecule has 0 spiro atoms. The third-order valence-corrected chi connectivity index (χ3v) is 5.22. The van der Waals surface area contributed by atoms with Crippen LogP contribution in [0.1, 0.15) is 18.4 Å². The number of hydrogen-bond acceptors (Lipinski definition) is 7. The zero-order valence-corrected chi connectivity index (χ0v) is 16.2. The van der Waals surface area contributed by atoms with Gasteiger partial charge in [0.2, 0.25) is 0 Å². The number of nitrogens with zero attached hydrogens (tertiary/aromatic N) is 2. The average molecular weight is 380 g/mol. The fourth-order valence-corrected chi connectivity index (χ4v) is 3.59. The second kappa shape index (κ2) is 10.2. The smallest absolute Gasteiger partial charge is 0.124 e. The van der Waals surface area contributed by atoms with Crippen molar-refractivity contribution in [2.45, 2.75) is 31.6 Å². The number of β-amino-alcohol motifs (C(OH)–C–C–N with tert-alkyl or cyclic N) is 1. The third kappa shape index (κ3) is 6.33. The van der Waals surface area contributed by atoms with E-state index in [4.69, 9.17) is 14.2 Å². The lowest BCUT2D eigenvalue weighted by Gasteiger charge is -2.31. The number of hydrogen-bond donors (Lipinski definition) is 2. The van der Waals surface area contributed by atoms with Gasteiger partial charge in [-0.15, -0.1) is 0 Å². The molecule has 2 fully saturated rings. The van der Waals surface area contributed by atoms with Gasteiger partial charge in [-0.1, -0.05) is 0 Å². The van der Waals surface area contributed by atoms with Crippen LogP contribution in [0, 0.1) is 0 Å². The normalized spacial score (nSPS) is 21.1. The lowest BCUT2D eigenvalue weighted by Crippen LogP contribution is -2.41. The minimum absolute atomic E-state index is 0.198. The van der Waals surface area contributed by atoms with E-state index in [2.05, 4.69) is 9.80 Å². The molecule has 0 radical (unpaired) electrons. The first-order valence-electron chi connectivity index (χ1n) is 9.82. The second-order valence-electron chi connectivity index (χ2n) is 7.36. The largest absolute Gasteiger partial charge is 0.497 e. The van der Waals surface area contributed by atoms with Gasteiger partial charge in [0.15, 0.2) is 0 Å². The Balaban J connectivity index is 1.54. The summed E-state index contributed by atoms with van der Waals surface area (Å²) in [5.74, 6) is 1.59. The van der Waals surface area contributed by atoms with Gasteiger partial charge in [0.1, 0.15) is 24.2 Å². The van der Waals surface area contributed by atoms with Crippen LogP contribution in [0.5, 0.6) is 11.5 Å². The van der Waals surface area contributed by atoms with Gasteiger partial charge < -0.3 is 29.3 Å². The number of benzene rings is 1. The zero-order chi connectivity index (χ0) is 19.1. The lowest BCUT2D eigenvalue weighted by molar-refractivity contribution is 0.0300. The van der Waals surface area contributed by atoms with Crippen molar-refractivity contribution in [3.05, 3.63) is 23.8 Å². The summed E-state index contributed by atoms with van der Waals surface area (Å²) in [6.45, 7) is 6.55. The number of morpholine rings is 1. The monoisotopic (exact) mass is 380 g/mol. The van der Waals surface area contributed by atoms with Crippen LogP contribution in [0.4, 0.5) is 0 Å². The van der Waals surface area contributed by atoms with Crippen molar-refractivity contribution in [1.82, 2.24) is 9.80 Å². The highest BCUT2D eigenvalue weighted by Crippen LogP contribution is 2.26. The maximum atomic E-state index is 10.4. The number of methoxy groups -OCH3 is 1. The summed E-state index contributed by atoms with van der Waals surface area (Å²) in [6.07, 6.45) is 0.793. The summed E-state index contributed by atoms with van der Waals surface area (Å²) >= 11 is 0. The molecule has 3 rings (SSSR count). The highest BCUT2D eigenvalue weighted by atomic mass is 16.5. The molecule has 7 nitrogen and oxygen atoms in total. The molecule has 2 aliphatic heterocycles. The summed E-state index contributed by atoms with van der Waals surface area (Å²) in [6, 6.07) is 5.80. The van der Waals surface area contributed by atoms with E-state index in [1.54, 1.807) is 7.11 Å². The Kier molecular flexibility index (Phi) is 7.72. The third-order valence-electron chi connectivity index (χ3n) is 5.22. The van der Waals surface area contributed by atoms with Crippen molar-refractivity contribution in [1.29, 1.82) is 0 Å². The molecule has 1 aromatic carbocycles. The minimum atomic E-state index is -0.557. The molecule has 0 aliphatic carbocycles. The van der Waals surface area contributed by atoms with Gasteiger partial charge in [0.05, 0.1) is 26.4 Å². The Morgan fingerprint density at radius 3 is 2.59 bits per heavy atom. The van der Waals surface area contributed by atoms with Gasteiger partial charge in [0.25, 0.3) is 0 Å². The predicted octanol–water partition coefficient (Wildman–Crippen LogP) is 0.724. The van der Waals surface area contributed by atoms with E-state index in [0.717, 1.165) is 75.8 Å². The van der Waals surface area contributed by atoms with Crippen LogP contribution in [0.2, 0.25) is 0 Å². The maximum absolute atomic E-state index is 10.4. The van der Waals surface area contributed by atoms with Gasteiger partial charge in [0, 0.05) is 44.8 Å². The van der Waals surface area contributed by atoms with Crippen molar-refractivity contribution >= 4 is 0 Å². The van der Waals surface area contributed by atoms with E-state index in [9.17, 15) is 10.2 Å². The van der Waals surface area contributed by atoms with Gasteiger partial charge in [-0.25, -0.2) is 0 Å². The number of piperidine rings is 1. The van der Waals surface area contributed by atoms with Crippen molar-refractivity contribution in [3.8, 4) is 11.5 Å². The van der Waals surface area contributed by atoms with Crippen LogP contribution in [0.3, 0.4) is 0 Å². The number of rotatable bonds is 8. The summed E-state index contributed by atoms with van der Waals surface area (Å²) in [7, 11) is 1.66. The van der Waals surface area contributed by atoms with E-state index in [1.807, 2.05) is 18.2 Å². The molecule has 1 aromatic rings. The summed E-state index contributed by atoms with van der Waals surface area (Å²) < 4.78 is 16.7. The molecule has 2 saturated heterocycles. The Bertz CT molecular complexity index is 571. The highest BCUT2D eigenvalue weighted by molar-refractivity contribution is 5.40. The fourth-order valence-electron chi connectivity index (χ4n) is 3.59. The van der Waals surface area contributed by atoms with Crippen LogP contribution >= 0.6 is 0 Å². The molecule has 0 aromatic heterocycles. The van der Waals surface area contributed by atoms with Crippen LogP contribution < -0.4 is 9.47 Å². The van der Waals surface area contributed by atoms with E-state index in [1.165, 1.54) is 0 Å². The van der Waals surface area contributed by atoms with E-state index in [-0.39, 0.29) is 12.7 Å². The molecule has 27 heavy (non-hydrogen) atoms. The van der Waals surface area contributed by atoms with Crippen LogP contribution in [-0.4, -0.2) is 91.9 Å². The molecule has 152 valence electrons. The van der Waals surface area contributed by atoms with E-state index in [0.29, 0.717) is 6.54 Å². The Hall–Kier alpha value is -1.38. The fraction of sp³-hybridized carbons (Fsp3) is 0.700. The van der Waals surface area contributed by atoms with Gasteiger partial charge in [-0.2, -0.15) is 0 Å². The molecular weight excluding hydrogens is 348 g/mol.